The number of carbonyl (C=O) groups is 2. The molecule has 1 heterocycles. The van der Waals surface area contributed by atoms with Gasteiger partial charge in [0.15, 0.2) is 5.78 Å². The van der Waals surface area contributed by atoms with Gasteiger partial charge < -0.3 is 15.4 Å². The molecule has 1 amide bonds. The monoisotopic (exact) mass is 473 g/mol. The minimum Gasteiger partial charge on any atom is -0.465 e. The van der Waals surface area contributed by atoms with E-state index in [1.54, 1.807) is 42.6 Å². The molecule has 0 radical (unpaired) electrons. The van der Waals surface area contributed by atoms with Gasteiger partial charge >= 0.3 is 12.3 Å². The number of alkyl halides is 3. The molecule has 1 saturated carbocycles. The summed E-state index contributed by atoms with van der Waals surface area (Å²) in [5, 5.41) is 10.3. The normalized spacial score (nSPS) is 14.1. The van der Waals surface area contributed by atoms with Crippen molar-refractivity contribution in [2.45, 2.75) is 44.2 Å². The van der Waals surface area contributed by atoms with E-state index in [4.69, 9.17) is 5.11 Å². The number of rotatable bonds is 5. The van der Waals surface area contributed by atoms with E-state index in [1.165, 1.54) is 25.3 Å². The van der Waals surface area contributed by atoms with E-state index in [0.717, 1.165) is 30.8 Å². The Balaban J connectivity index is 0.000000215. The number of hydrogen-bond acceptors (Lipinski definition) is 3. The third kappa shape index (κ3) is 7.19. The van der Waals surface area contributed by atoms with Crippen molar-refractivity contribution in [2.24, 2.45) is 0 Å². The number of nitrogens with zero attached hydrogens (tertiary/aromatic N) is 1. The zero-order valence-electron chi connectivity index (χ0n) is 18.4. The van der Waals surface area contributed by atoms with Gasteiger partial charge in [0.25, 0.3) is 0 Å². The summed E-state index contributed by atoms with van der Waals surface area (Å²) >= 11 is 0. The molecule has 3 N–H and O–H groups in total. The lowest BCUT2D eigenvalue weighted by Crippen LogP contribution is -2.27. The molecule has 4 rings (SSSR count). The first-order chi connectivity index (χ1) is 16.2. The van der Waals surface area contributed by atoms with E-state index in [2.05, 4.69) is 9.97 Å². The molecular weight excluding hydrogens is 447 g/mol. The van der Waals surface area contributed by atoms with Crippen molar-refractivity contribution in [3.63, 3.8) is 0 Å². The molecule has 1 aromatic heterocycles. The van der Waals surface area contributed by atoms with E-state index in [0.29, 0.717) is 22.7 Å². The summed E-state index contributed by atoms with van der Waals surface area (Å²) in [4.78, 5) is 28.9. The molecule has 0 bridgehead atoms. The molecule has 1 fully saturated rings. The molecule has 0 unspecified atom stereocenters. The number of H-pyrrole nitrogens is 1. The second kappa shape index (κ2) is 11.5. The molecule has 0 atom stereocenters. The van der Waals surface area contributed by atoms with Gasteiger partial charge in [0.2, 0.25) is 0 Å². The minimum atomic E-state index is -4.32. The summed E-state index contributed by atoms with van der Waals surface area (Å²) in [6.45, 7) is -0.181. The van der Waals surface area contributed by atoms with Crippen LogP contribution in [0.1, 0.15) is 59.8 Å². The van der Waals surface area contributed by atoms with Crippen molar-refractivity contribution in [1.82, 2.24) is 15.3 Å². The number of carbonyl (C=O) groups excluding carboxylic acids is 1. The number of carboxylic acid groups (broad SMARTS) is 1. The number of hydrogen-bond donors (Lipinski definition) is 3. The van der Waals surface area contributed by atoms with Gasteiger partial charge in [-0.3, -0.25) is 4.79 Å². The van der Waals surface area contributed by atoms with Gasteiger partial charge in [0.1, 0.15) is 5.82 Å². The van der Waals surface area contributed by atoms with Gasteiger partial charge in [-0.05, 0) is 25.0 Å². The second-order valence-electron chi connectivity index (χ2n) is 8.04. The van der Waals surface area contributed by atoms with Crippen molar-refractivity contribution >= 4 is 11.9 Å². The highest BCUT2D eigenvalue weighted by Crippen LogP contribution is 2.34. The number of ketones is 1. The zero-order valence-corrected chi connectivity index (χ0v) is 18.4. The third-order valence-corrected chi connectivity index (χ3v) is 5.58. The Labute approximate surface area is 195 Å². The third-order valence-electron chi connectivity index (χ3n) is 5.58. The number of nitrogens with one attached hydrogen (secondary N) is 2. The summed E-state index contributed by atoms with van der Waals surface area (Å²) in [5.74, 6) is 1.09. The molecule has 3 aromatic rings. The maximum absolute atomic E-state index is 12.8. The summed E-state index contributed by atoms with van der Waals surface area (Å²) in [6, 6.07) is 13.9. The van der Waals surface area contributed by atoms with Crippen molar-refractivity contribution < 1.29 is 27.9 Å². The average Bonchev–Trinajstić information content (AvgIpc) is 3.34. The topological polar surface area (TPSA) is 95.1 Å². The van der Waals surface area contributed by atoms with Gasteiger partial charge in [0, 0.05) is 17.0 Å². The fraction of sp³-hybridized carbons (Fsp3) is 0.320. The van der Waals surface area contributed by atoms with Crippen LogP contribution in [0.25, 0.3) is 11.3 Å². The number of amides is 1. The number of imidazole rings is 1. The summed E-state index contributed by atoms with van der Waals surface area (Å²) in [7, 11) is 0. The summed E-state index contributed by atoms with van der Waals surface area (Å²) in [6.07, 6.45) is 2.00. The lowest BCUT2D eigenvalue weighted by molar-refractivity contribution is -0.137. The standard InChI is InChI=1S/C16H17F3N2.C9H9NO3/c17-16(18,19)13-8-4-7-12(9-13)14-10-20-15(21-14)11-5-2-1-3-6-11;11-8(6-10-9(12)13)7-4-2-1-3-5-7/h4,7-11H,1-3,5-6H2,(H,20,21);1-5,10H,6H2,(H,12,13). The first-order valence-electron chi connectivity index (χ1n) is 11.0. The Morgan fingerprint density at radius 1 is 1.03 bits per heavy atom. The van der Waals surface area contributed by atoms with Crippen LogP contribution < -0.4 is 5.32 Å². The van der Waals surface area contributed by atoms with Gasteiger partial charge in [-0.15, -0.1) is 0 Å². The Morgan fingerprint density at radius 2 is 1.74 bits per heavy atom. The molecular formula is C25H26F3N3O3. The number of halogens is 3. The number of aromatic nitrogens is 2. The van der Waals surface area contributed by atoms with Crippen LogP contribution in [0.2, 0.25) is 0 Å². The number of aromatic amines is 1. The van der Waals surface area contributed by atoms with Crippen LogP contribution in [0.5, 0.6) is 0 Å². The molecule has 0 spiro atoms. The Bertz CT molecular complexity index is 1090. The molecule has 34 heavy (non-hydrogen) atoms. The summed E-state index contributed by atoms with van der Waals surface area (Å²) < 4.78 is 38.3. The van der Waals surface area contributed by atoms with Crippen LogP contribution in [0.15, 0.2) is 60.8 Å². The Hall–Kier alpha value is -3.62. The second-order valence-corrected chi connectivity index (χ2v) is 8.04. The number of Topliss-reactive ketones (excluding diaryl/α,β-unsaturated/α-hetero) is 1. The molecule has 2 aromatic carbocycles. The predicted octanol–water partition coefficient (Wildman–Crippen LogP) is 6.28. The van der Waals surface area contributed by atoms with Crippen LogP contribution in [0.4, 0.5) is 18.0 Å². The van der Waals surface area contributed by atoms with Crippen LogP contribution in [-0.2, 0) is 6.18 Å². The highest BCUT2D eigenvalue weighted by Gasteiger charge is 2.30. The van der Waals surface area contributed by atoms with E-state index < -0.39 is 17.8 Å². The molecule has 9 heteroatoms. The van der Waals surface area contributed by atoms with E-state index in [9.17, 15) is 22.8 Å². The van der Waals surface area contributed by atoms with E-state index in [1.807, 2.05) is 5.32 Å². The van der Waals surface area contributed by atoms with E-state index >= 15 is 0 Å². The van der Waals surface area contributed by atoms with E-state index in [-0.39, 0.29) is 12.3 Å². The van der Waals surface area contributed by atoms with Crippen molar-refractivity contribution in [3.05, 3.63) is 77.7 Å². The van der Waals surface area contributed by atoms with Gasteiger partial charge in [-0.25, -0.2) is 9.78 Å². The molecule has 0 saturated heterocycles. The molecule has 0 aliphatic heterocycles. The van der Waals surface area contributed by atoms with Gasteiger partial charge in [0.05, 0.1) is 24.0 Å². The van der Waals surface area contributed by atoms with Crippen LogP contribution in [-0.4, -0.2) is 33.5 Å². The quantitative estimate of drug-likeness (QED) is 0.380. The highest BCUT2D eigenvalue weighted by molar-refractivity contribution is 5.98. The van der Waals surface area contributed by atoms with Crippen LogP contribution >= 0.6 is 0 Å². The lowest BCUT2D eigenvalue weighted by Gasteiger charge is -2.19. The maximum atomic E-state index is 12.8. The fourth-order valence-corrected chi connectivity index (χ4v) is 3.81. The minimum absolute atomic E-state index is 0.181. The van der Waals surface area contributed by atoms with Crippen LogP contribution in [0.3, 0.4) is 0 Å². The van der Waals surface area contributed by atoms with Crippen molar-refractivity contribution in [3.8, 4) is 11.3 Å². The molecule has 6 nitrogen and oxygen atoms in total. The predicted molar refractivity (Wildman–Crippen MR) is 122 cm³/mol. The van der Waals surface area contributed by atoms with Gasteiger partial charge in [-0.1, -0.05) is 61.7 Å². The van der Waals surface area contributed by atoms with Crippen molar-refractivity contribution in [2.75, 3.05) is 6.54 Å². The van der Waals surface area contributed by atoms with Crippen molar-refractivity contribution in [1.29, 1.82) is 0 Å². The first-order valence-corrected chi connectivity index (χ1v) is 11.0. The Morgan fingerprint density at radius 3 is 2.38 bits per heavy atom. The molecule has 1 aliphatic rings. The maximum Gasteiger partial charge on any atom is 0.416 e. The zero-order chi connectivity index (χ0) is 24.6. The lowest BCUT2D eigenvalue weighted by atomic mass is 9.89. The Kier molecular flexibility index (Phi) is 8.45. The molecule has 180 valence electrons. The highest BCUT2D eigenvalue weighted by atomic mass is 19.4. The van der Waals surface area contributed by atoms with Crippen LogP contribution in [0, 0.1) is 0 Å². The van der Waals surface area contributed by atoms with Gasteiger partial charge in [-0.2, -0.15) is 13.2 Å². The smallest absolute Gasteiger partial charge is 0.416 e. The SMILES string of the molecule is FC(F)(F)c1cccc(-c2cnc(C3CCCCC3)[nH]2)c1.O=C(O)NCC(=O)c1ccccc1. The molecule has 1 aliphatic carbocycles. The fourth-order valence-electron chi connectivity index (χ4n) is 3.81. The first kappa shape index (κ1) is 25.0. The average molecular weight is 473 g/mol. The summed E-state index contributed by atoms with van der Waals surface area (Å²) in [5.41, 5.74) is 1.06. The largest absolute Gasteiger partial charge is 0.465 e. The number of benzene rings is 2.